The van der Waals surface area contributed by atoms with E-state index < -0.39 is 11.6 Å². The lowest BCUT2D eigenvalue weighted by Crippen LogP contribution is -2.46. The molecule has 1 aliphatic carbocycles. The fourth-order valence-corrected chi connectivity index (χ4v) is 4.11. The average molecular weight is 338 g/mol. The van der Waals surface area contributed by atoms with Crippen molar-refractivity contribution in [3.05, 3.63) is 35.4 Å². The van der Waals surface area contributed by atoms with E-state index in [-0.39, 0.29) is 30.0 Å². The fraction of sp³-hybridized carbons (Fsp3) is 0.611. The molecular weight excluding hydrogens is 314 g/mol. The van der Waals surface area contributed by atoms with Gasteiger partial charge in [-0.3, -0.25) is 4.79 Å². The summed E-state index contributed by atoms with van der Waals surface area (Å²) in [6.45, 7) is 1.27. The Kier molecular flexibility index (Phi) is 4.88. The second-order valence-corrected chi connectivity index (χ2v) is 7.30. The molecule has 1 aromatic carbocycles. The third-order valence-corrected chi connectivity index (χ3v) is 5.48. The fourth-order valence-electron chi connectivity index (χ4n) is 4.11. The summed E-state index contributed by atoms with van der Waals surface area (Å²) >= 11 is 0. The van der Waals surface area contributed by atoms with Crippen molar-refractivity contribution in [2.45, 2.75) is 31.4 Å². The highest BCUT2D eigenvalue weighted by atomic mass is 19.1. The molecule has 0 spiro atoms. The standard InChI is InChI=1S/C18H24F2N2O2/c1-21(2)16-5-12-9-22(10-13(12)6-17(16)23)18(24)7-11-3-4-14(19)8-15(11)20/h3-4,8,12-13,16-17,23H,5-7,9-10H2,1-2H3/t12-,13+,16-,17-/m1/s1. The van der Waals surface area contributed by atoms with Gasteiger partial charge < -0.3 is 14.9 Å². The van der Waals surface area contributed by atoms with E-state index in [2.05, 4.69) is 0 Å². The first kappa shape index (κ1) is 17.3. The molecule has 132 valence electrons. The first-order valence-electron chi connectivity index (χ1n) is 8.41. The van der Waals surface area contributed by atoms with Crippen LogP contribution in [0, 0.1) is 23.5 Å². The molecule has 1 heterocycles. The van der Waals surface area contributed by atoms with Gasteiger partial charge in [0.2, 0.25) is 5.91 Å². The molecule has 6 heteroatoms. The summed E-state index contributed by atoms with van der Waals surface area (Å²) in [5, 5.41) is 10.3. The van der Waals surface area contributed by atoms with Gasteiger partial charge in [-0.15, -0.1) is 0 Å². The summed E-state index contributed by atoms with van der Waals surface area (Å²) in [5.74, 6) is -0.769. The maximum atomic E-state index is 13.7. The number of nitrogens with zero attached hydrogens (tertiary/aromatic N) is 2. The number of fused-ring (bicyclic) bond motifs is 1. The van der Waals surface area contributed by atoms with Crippen LogP contribution in [0.15, 0.2) is 18.2 Å². The number of aliphatic hydroxyl groups is 1. The molecule has 1 aliphatic heterocycles. The van der Waals surface area contributed by atoms with E-state index in [1.54, 1.807) is 4.90 Å². The van der Waals surface area contributed by atoms with Crippen LogP contribution in [-0.2, 0) is 11.2 Å². The Morgan fingerprint density at radius 3 is 2.54 bits per heavy atom. The number of amides is 1. The van der Waals surface area contributed by atoms with Crippen molar-refractivity contribution in [2.24, 2.45) is 11.8 Å². The van der Waals surface area contributed by atoms with Gasteiger partial charge in [0.25, 0.3) is 0 Å². The summed E-state index contributed by atoms with van der Waals surface area (Å²) in [4.78, 5) is 16.3. The van der Waals surface area contributed by atoms with E-state index in [1.807, 2.05) is 19.0 Å². The molecule has 1 amide bonds. The average Bonchev–Trinajstić information content (AvgIpc) is 2.91. The highest BCUT2D eigenvalue weighted by molar-refractivity contribution is 5.79. The molecule has 1 saturated carbocycles. The molecule has 2 aliphatic rings. The van der Waals surface area contributed by atoms with Crippen molar-refractivity contribution >= 4 is 5.91 Å². The number of hydrogen-bond donors (Lipinski definition) is 1. The smallest absolute Gasteiger partial charge is 0.227 e. The predicted molar refractivity (Wildman–Crippen MR) is 86.3 cm³/mol. The van der Waals surface area contributed by atoms with Gasteiger partial charge in [0, 0.05) is 25.2 Å². The lowest BCUT2D eigenvalue weighted by Gasteiger charge is -2.38. The van der Waals surface area contributed by atoms with Crippen LogP contribution in [0.1, 0.15) is 18.4 Å². The second-order valence-electron chi connectivity index (χ2n) is 7.30. The normalized spacial score (nSPS) is 29.8. The van der Waals surface area contributed by atoms with Crippen molar-refractivity contribution in [3.63, 3.8) is 0 Å². The first-order chi connectivity index (χ1) is 11.3. The lowest BCUT2D eigenvalue weighted by atomic mass is 9.77. The third kappa shape index (κ3) is 3.44. The van der Waals surface area contributed by atoms with Crippen molar-refractivity contribution in [3.8, 4) is 0 Å². The topological polar surface area (TPSA) is 43.8 Å². The Balaban J connectivity index is 1.64. The Bertz CT molecular complexity index is 623. The summed E-state index contributed by atoms with van der Waals surface area (Å²) < 4.78 is 26.7. The number of carbonyl (C=O) groups excluding carboxylic acids is 1. The van der Waals surface area contributed by atoms with Crippen LogP contribution in [0.5, 0.6) is 0 Å². The molecule has 4 nitrogen and oxygen atoms in total. The molecule has 0 bridgehead atoms. The molecule has 4 atom stereocenters. The molecule has 0 radical (unpaired) electrons. The Morgan fingerprint density at radius 1 is 1.25 bits per heavy atom. The lowest BCUT2D eigenvalue weighted by molar-refractivity contribution is -0.129. The largest absolute Gasteiger partial charge is 0.391 e. The maximum Gasteiger partial charge on any atom is 0.227 e. The number of carbonyl (C=O) groups is 1. The minimum absolute atomic E-state index is 0.0504. The van der Waals surface area contributed by atoms with Crippen LogP contribution in [0.2, 0.25) is 0 Å². The van der Waals surface area contributed by atoms with E-state index >= 15 is 0 Å². The van der Waals surface area contributed by atoms with E-state index in [1.165, 1.54) is 12.1 Å². The SMILES string of the molecule is CN(C)[C@@H]1C[C@@H]2CN(C(=O)Cc3ccc(F)cc3F)C[C@@H]2C[C@H]1O. The van der Waals surface area contributed by atoms with Gasteiger partial charge in [-0.1, -0.05) is 6.07 Å². The molecule has 2 fully saturated rings. The zero-order chi connectivity index (χ0) is 17.4. The van der Waals surface area contributed by atoms with Crippen molar-refractivity contribution in [1.82, 2.24) is 9.80 Å². The van der Waals surface area contributed by atoms with Gasteiger partial charge in [-0.05, 0) is 50.4 Å². The third-order valence-electron chi connectivity index (χ3n) is 5.48. The number of aliphatic hydroxyl groups excluding tert-OH is 1. The van der Waals surface area contributed by atoms with Crippen LogP contribution in [-0.4, -0.2) is 60.1 Å². The maximum absolute atomic E-state index is 13.7. The van der Waals surface area contributed by atoms with Gasteiger partial charge in [0.05, 0.1) is 12.5 Å². The van der Waals surface area contributed by atoms with Crippen LogP contribution in [0.3, 0.4) is 0 Å². The van der Waals surface area contributed by atoms with Crippen LogP contribution >= 0.6 is 0 Å². The van der Waals surface area contributed by atoms with E-state index in [0.29, 0.717) is 31.3 Å². The van der Waals surface area contributed by atoms with Gasteiger partial charge in [-0.25, -0.2) is 8.78 Å². The molecule has 0 unspecified atom stereocenters. The van der Waals surface area contributed by atoms with Gasteiger partial charge in [0.15, 0.2) is 0 Å². The Hall–Kier alpha value is -1.53. The molecule has 1 saturated heterocycles. The number of hydrogen-bond acceptors (Lipinski definition) is 3. The minimum Gasteiger partial charge on any atom is -0.391 e. The highest BCUT2D eigenvalue weighted by Gasteiger charge is 2.43. The van der Waals surface area contributed by atoms with Crippen molar-refractivity contribution in [1.29, 1.82) is 0 Å². The number of likely N-dealkylation sites (N-methyl/N-ethyl adjacent to an activating group) is 1. The molecule has 3 rings (SSSR count). The number of benzene rings is 1. The summed E-state index contributed by atoms with van der Waals surface area (Å²) in [5.41, 5.74) is 0.225. The van der Waals surface area contributed by atoms with Crippen LogP contribution in [0.4, 0.5) is 8.78 Å². The second kappa shape index (κ2) is 6.76. The van der Waals surface area contributed by atoms with E-state index in [0.717, 1.165) is 12.5 Å². The quantitative estimate of drug-likeness (QED) is 0.912. The minimum atomic E-state index is -0.678. The first-order valence-corrected chi connectivity index (χ1v) is 8.41. The van der Waals surface area contributed by atoms with Crippen molar-refractivity contribution in [2.75, 3.05) is 27.2 Å². The Labute approximate surface area is 141 Å². The van der Waals surface area contributed by atoms with Gasteiger partial charge in [0.1, 0.15) is 11.6 Å². The predicted octanol–water partition coefficient (Wildman–Crippen LogP) is 1.67. The Morgan fingerprint density at radius 2 is 1.92 bits per heavy atom. The zero-order valence-corrected chi connectivity index (χ0v) is 14.1. The molecular formula is C18H24F2N2O2. The van der Waals surface area contributed by atoms with Crippen LogP contribution in [0.25, 0.3) is 0 Å². The monoisotopic (exact) mass is 338 g/mol. The van der Waals surface area contributed by atoms with E-state index in [4.69, 9.17) is 0 Å². The summed E-state index contributed by atoms with van der Waals surface area (Å²) in [7, 11) is 3.92. The van der Waals surface area contributed by atoms with E-state index in [9.17, 15) is 18.7 Å². The van der Waals surface area contributed by atoms with Gasteiger partial charge in [-0.2, -0.15) is 0 Å². The van der Waals surface area contributed by atoms with Crippen LogP contribution < -0.4 is 0 Å². The zero-order valence-electron chi connectivity index (χ0n) is 14.1. The number of halogens is 2. The number of rotatable bonds is 3. The highest BCUT2D eigenvalue weighted by Crippen LogP contribution is 2.38. The molecule has 1 aromatic rings. The number of likely N-dealkylation sites (tertiary alicyclic amines) is 1. The van der Waals surface area contributed by atoms with Crippen molar-refractivity contribution < 1.29 is 18.7 Å². The molecule has 1 N–H and O–H groups in total. The summed E-state index contributed by atoms with van der Waals surface area (Å²) in [6, 6.07) is 3.44. The molecule has 24 heavy (non-hydrogen) atoms. The van der Waals surface area contributed by atoms with Gasteiger partial charge >= 0.3 is 0 Å². The molecule has 0 aromatic heterocycles. The summed E-state index contributed by atoms with van der Waals surface area (Å²) in [6.07, 6.45) is 1.15.